The van der Waals surface area contributed by atoms with E-state index >= 15 is 0 Å². The Morgan fingerprint density at radius 3 is 2.56 bits per heavy atom. The summed E-state index contributed by atoms with van der Waals surface area (Å²) in [6.07, 6.45) is -3.25. The van der Waals surface area contributed by atoms with Gasteiger partial charge in [0.15, 0.2) is 0 Å². The number of hydrogen-bond acceptors (Lipinski definition) is 2. The van der Waals surface area contributed by atoms with Crippen molar-refractivity contribution in [1.29, 1.82) is 0 Å². The van der Waals surface area contributed by atoms with Gasteiger partial charge in [0, 0.05) is 31.9 Å². The van der Waals surface area contributed by atoms with Crippen LogP contribution in [-0.4, -0.2) is 47.9 Å². The van der Waals surface area contributed by atoms with E-state index < -0.39 is 22.8 Å². The Morgan fingerprint density at radius 1 is 1.30 bits per heavy atom. The van der Waals surface area contributed by atoms with E-state index in [0.29, 0.717) is 32.5 Å². The molecule has 1 unspecified atom stereocenters. The van der Waals surface area contributed by atoms with Gasteiger partial charge in [-0.3, -0.25) is 4.79 Å². The van der Waals surface area contributed by atoms with Gasteiger partial charge >= 0.3 is 12.2 Å². The number of halogens is 4. The number of piperidine rings is 1. The molecule has 0 bridgehead atoms. The number of hydrogen-bond donors (Lipinski definition) is 1. The molecule has 1 saturated heterocycles. The van der Waals surface area contributed by atoms with Crippen LogP contribution in [0.2, 0.25) is 5.02 Å². The van der Waals surface area contributed by atoms with Gasteiger partial charge in [0.05, 0.1) is 16.5 Å². The average molecular weight is 406 g/mol. The van der Waals surface area contributed by atoms with E-state index in [2.05, 4.69) is 5.32 Å². The molecule has 0 aromatic heterocycles. The number of carbonyl (C=O) groups is 2. The molecule has 1 aromatic rings. The first-order chi connectivity index (χ1) is 12.7. The highest BCUT2D eigenvalue weighted by molar-refractivity contribution is 6.31. The predicted molar refractivity (Wildman–Crippen MR) is 97.7 cm³/mol. The minimum Gasteiger partial charge on any atom is -0.343 e. The van der Waals surface area contributed by atoms with Gasteiger partial charge in [-0.05, 0) is 44.9 Å². The van der Waals surface area contributed by atoms with Crippen LogP contribution in [0.3, 0.4) is 0 Å². The van der Waals surface area contributed by atoms with Crippen LogP contribution in [0.5, 0.6) is 0 Å². The number of benzene rings is 1. The number of carbonyl (C=O) groups excluding carboxylic acids is 2. The van der Waals surface area contributed by atoms with Gasteiger partial charge in [0.2, 0.25) is 5.91 Å². The third-order valence-corrected chi connectivity index (χ3v) is 4.99. The zero-order valence-electron chi connectivity index (χ0n) is 15.3. The first-order valence-corrected chi connectivity index (χ1v) is 9.26. The van der Waals surface area contributed by atoms with Gasteiger partial charge in [0.1, 0.15) is 0 Å². The summed E-state index contributed by atoms with van der Waals surface area (Å²) in [7, 11) is 0. The molecule has 1 fully saturated rings. The summed E-state index contributed by atoms with van der Waals surface area (Å²) in [6, 6.07) is 2.70. The lowest BCUT2D eigenvalue weighted by atomic mass is 9.96. The molecule has 1 aliphatic heterocycles. The Hall–Kier alpha value is -1.96. The Kier molecular flexibility index (Phi) is 6.97. The summed E-state index contributed by atoms with van der Waals surface area (Å²) < 4.78 is 38.9. The zero-order chi connectivity index (χ0) is 20.2. The normalized spacial score (nSPS) is 17.6. The molecule has 27 heavy (non-hydrogen) atoms. The zero-order valence-corrected chi connectivity index (χ0v) is 16.0. The fourth-order valence-electron chi connectivity index (χ4n) is 3.18. The largest absolute Gasteiger partial charge is 0.417 e. The Morgan fingerprint density at radius 2 is 1.96 bits per heavy atom. The molecular formula is C18H23ClF3N3O2. The quantitative estimate of drug-likeness (QED) is 0.803. The van der Waals surface area contributed by atoms with Gasteiger partial charge in [-0.15, -0.1) is 0 Å². The minimum absolute atomic E-state index is 0.00310. The van der Waals surface area contributed by atoms with Crippen LogP contribution >= 0.6 is 11.6 Å². The van der Waals surface area contributed by atoms with Gasteiger partial charge in [-0.2, -0.15) is 13.2 Å². The van der Waals surface area contributed by atoms with Crippen LogP contribution < -0.4 is 5.32 Å². The van der Waals surface area contributed by atoms with Gasteiger partial charge in [-0.1, -0.05) is 11.6 Å². The second-order valence-electron chi connectivity index (χ2n) is 6.42. The summed E-state index contributed by atoms with van der Waals surface area (Å²) >= 11 is 5.59. The van der Waals surface area contributed by atoms with Crippen molar-refractivity contribution in [3.05, 3.63) is 28.8 Å². The molecule has 1 aromatic carbocycles. The summed E-state index contributed by atoms with van der Waals surface area (Å²) in [5.41, 5.74) is -0.996. The monoisotopic (exact) mass is 405 g/mol. The van der Waals surface area contributed by atoms with Crippen molar-refractivity contribution >= 4 is 29.2 Å². The number of anilines is 1. The number of urea groups is 1. The molecule has 0 aliphatic carbocycles. The van der Waals surface area contributed by atoms with E-state index in [1.807, 2.05) is 13.8 Å². The molecule has 2 rings (SSSR count). The van der Waals surface area contributed by atoms with Crippen molar-refractivity contribution in [3.63, 3.8) is 0 Å². The minimum atomic E-state index is -4.61. The third-order valence-electron chi connectivity index (χ3n) is 4.66. The number of nitrogens with zero attached hydrogens (tertiary/aromatic N) is 2. The topological polar surface area (TPSA) is 52.7 Å². The molecule has 3 amide bonds. The Labute approximate surface area is 161 Å². The maximum Gasteiger partial charge on any atom is 0.417 e. The van der Waals surface area contributed by atoms with Crippen molar-refractivity contribution in [2.24, 2.45) is 5.92 Å². The molecule has 1 aliphatic rings. The van der Waals surface area contributed by atoms with Crippen LogP contribution in [0, 0.1) is 5.92 Å². The smallest absolute Gasteiger partial charge is 0.343 e. The van der Waals surface area contributed by atoms with Crippen molar-refractivity contribution in [3.8, 4) is 0 Å². The van der Waals surface area contributed by atoms with Crippen molar-refractivity contribution in [2.45, 2.75) is 32.9 Å². The fraction of sp³-hybridized carbons (Fsp3) is 0.556. The summed E-state index contributed by atoms with van der Waals surface area (Å²) in [5, 5.41) is 2.04. The SMILES string of the molecule is CCN(CC)C(=O)C1CCCN(C(=O)Nc2ccc(Cl)c(C(F)(F)F)c2)C1. The number of amides is 3. The lowest BCUT2D eigenvalue weighted by Crippen LogP contribution is -2.47. The second kappa shape index (κ2) is 8.82. The maximum atomic E-state index is 13.0. The van der Waals surface area contributed by atoms with E-state index in [0.717, 1.165) is 12.1 Å². The van der Waals surface area contributed by atoms with Gasteiger partial charge < -0.3 is 15.1 Å². The third kappa shape index (κ3) is 5.28. The second-order valence-corrected chi connectivity index (χ2v) is 6.83. The van der Waals surface area contributed by atoms with E-state index in [-0.39, 0.29) is 24.1 Å². The number of likely N-dealkylation sites (tertiary alicyclic amines) is 1. The Balaban J connectivity index is 2.07. The van der Waals surface area contributed by atoms with Crippen LogP contribution in [-0.2, 0) is 11.0 Å². The summed E-state index contributed by atoms with van der Waals surface area (Å²) in [4.78, 5) is 28.2. The summed E-state index contributed by atoms with van der Waals surface area (Å²) in [5.74, 6) is -0.288. The van der Waals surface area contributed by atoms with Crippen molar-refractivity contribution in [2.75, 3.05) is 31.5 Å². The highest BCUT2D eigenvalue weighted by Gasteiger charge is 2.34. The molecule has 1 heterocycles. The van der Waals surface area contributed by atoms with Crippen molar-refractivity contribution < 1.29 is 22.8 Å². The molecular weight excluding hydrogens is 383 g/mol. The van der Waals surface area contributed by atoms with E-state index in [4.69, 9.17) is 11.6 Å². The molecule has 9 heteroatoms. The molecule has 0 radical (unpaired) electrons. The molecule has 0 saturated carbocycles. The number of nitrogens with one attached hydrogen (secondary N) is 1. The highest BCUT2D eigenvalue weighted by atomic mass is 35.5. The van der Waals surface area contributed by atoms with Crippen molar-refractivity contribution in [1.82, 2.24) is 9.80 Å². The molecule has 150 valence electrons. The molecule has 5 nitrogen and oxygen atoms in total. The predicted octanol–water partition coefficient (Wildman–Crippen LogP) is 4.47. The molecule has 0 spiro atoms. The maximum absolute atomic E-state index is 13.0. The number of alkyl halides is 3. The van der Waals surface area contributed by atoms with E-state index in [1.165, 1.54) is 11.0 Å². The average Bonchev–Trinajstić information content (AvgIpc) is 2.63. The Bertz CT molecular complexity index is 693. The fourth-order valence-corrected chi connectivity index (χ4v) is 3.40. The van der Waals surface area contributed by atoms with E-state index in [9.17, 15) is 22.8 Å². The summed E-state index contributed by atoms with van der Waals surface area (Å²) in [6.45, 7) is 5.70. The van der Waals surface area contributed by atoms with Crippen LogP contribution in [0.15, 0.2) is 18.2 Å². The molecule has 1 atom stereocenters. The van der Waals surface area contributed by atoms with Gasteiger partial charge in [0.25, 0.3) is 0 Å². The standard InChI is InChI=1S/C18H23ClF3N3O2/c1-3-24(4-2)16(26)12-6-5-9-25(11-12)17(27)23-13-7-8-15(19)14(10-13)18(20,21)22/h7-8,10,12H,3-6,9,11H2,1-2H3,(H,23,27). The van der Waals surface area contributed by atoms with E-state index in [1.54, 1.807) is 4.90 Å². The first kappa shape index (κ1) is 21.3. The van der Waals surface area contributed by atoms with Crippen LogP contribution in [0.4, 0.5) is 23.7 Å². The molecule has 1 N–H and O–H groups in total. The lowest BCUT2D eigenvalue weighted by molar-refractivity contribution is -0.138. The lowest BCUT2D eigenvalue weighted by Gasteiger charge is -2.34. The van der Waals surface area contributed by atoms with Crippen LogP contribution in [0.1, 0.15) is 32.3 Å². The highest BCUT2D eigenvalue weighted by Crippen LogP contribution is 2.36. The van der Waals surface area contributed by atoms with Gasteiger partial charge in [-0.25, -0.2) is 4.79 Å². The number of rotatable bonds is 4. The van der Waals surface area contributed by atoms with Crippen LogP contribution in [0.25, 0.3) is 0 Å². The first-order valence-electron chi connectivity index (χ1n) is 8.88.